The zero-order chi connectivity index (χ0) is 13.7. The van der Waals surface area contributed by atoms with Crippen LogP contribution in [0.3, 0.4) is 0 Å². The van der Waals surface area contributed by atoms with Gasteiger partial charge in [0.1, 0.15) is 11.5 Å². The predicted octanol–water partition coefficient (Wildman–Crippen LogP) is 2.81. The van der Waals surface area contributed by atoms with Gasteiger partial charge < -0.3 is 19.9 Å². The highest BCUT2D eigenvalue weighted by Crippen LogP contribution is 2.32. The Morgan fingerprint density at radius 2 is 1.89 bits per heavy atom. The van der Waals surface area contributed by atoms with E-state index >= 15 is 0 Å². The number of ether oxygens (including phenoxy) is 2. The van der Waals surface area contributed by atoms with Crippen LogP contribution in [0, 0.1) is 0 Å². The molecule has 0 bridgehead atoms. The molecule has 0 unspecified atom stereocenters. The zero-order valence-corrected chi connectivity index (χ0v) is 11.7. The van der Waals surface area contributed by atoms with E-state index < -0.39 is 5.60 Å². The Balaban J connectivity index is 2.05. The molecule has 4 nitrogen and oxygen atoms in total. The maximum atomic E-state index is 10.5. The summed E-state index contributed by atoms with van der Waals surface area (Å²) in [4.78, 5) is 0. The van der Waals surface area contributed by atoms with Gasteiger partial charge in [0, 0.05) is 12.6 Å². The van der Waals surface area contributed by atoms with E-state index in [-0.39, 0.29) is 0 Å². The first kappa shape index (κ1) is 14.0. The highest BCUT2D eigenvalue weighted by Gasteiger charge is 2.29. The van der Waals surface area contributed by atoms with Crippen LogP contribution in [-0.2, 0) is 0 Å². The summed E-state index contributed by atoms with van der Waals surface area (Å²) in [5, 5.41) is 13.8. The van der Waals surface area contributed by atoms with Gasteiger partial charge in [-0.3, -0.25) is 0 Å². The van der Waals surface area contributed by atoms with Crippen molar-refractivity contribution in [3.05, 3.63) is 18.2 Å². The first-order valence-corrected chi connectivity index (χ1v) is 6.85. The van der Waals surface area contributed by atoms with Gasteiger partial charge in [0.25, 0.3) is 0 Å². The van der Waals surface area contributed by atoms with Crippen LogP contribution in [0.25, 0.3) is 0 Å². The molecule has 2 rings (SSSR count). The highest BCUT2D eigenvalue weighted by molar-refractivity contribution is 5.59. The van der Waals surface area contributed by atoms with Crippen LogP contribution in [0.5, 0.6) is 11.5 Å². The number of hydrogen-bond acceptors (Lipinski definition) is 4. The fourth-order valence-corrected chi connectivity index (χ4v) is 2.60. The molecule has 1 aromatic rings. The third-order valence-corrected chi connectivity index (χ3v) is 3.80. The normalized spacial score (nSPS) is 17.8. The number of nitrogens with one attached hydrogen (secondary N) is 1. The van der Waals surface area contributed by atoms with Crippen LogP contribution >= 0.6 is 0 Å². The minimum atomic E-state index is -0.591. The van der Waals surface area contributed by atoms with Crippen molar-refractivity contribution in [3.8, 4) is 11.5 Å². The lowest BCUT2D eigenvalue weighted by atomic mass is 9.85. The molecule has 0 amide bonds. The van der Waals surface area contributed by atoms with Crippen molar-refractivity contribution < 1.29 is 14.6 Å². The molecule has 0 atom stereocenters. The molecular weight excluding hydrogens is 242 g/mol. The molecule has 0 saturated heterocycles. The van der Waals surface area contributed by atoms with Gasteiger partial charge in [-0.05, 0) is 25.0 Å². The molecule has 106 valence electrons. The lowest BCUT2D eigenvalue weighted by Crippen LogP contribution is -2.38. The van der Waals surface area contributed by atoms with Crippen molar-refractivity contribution in [1.82, 2.24) is 0 Å². The maximum Gasteiger partial charge on any atom is 0.142 e. The summed E-state index contributed by atoms with van der Waals surface area (Å²) >= 11 is 0. The molecule has 1 fully saturated rings. The van der Waals surface area contributed by atoms with Crippen LogP contribution < -0.4 is 14.8 Å². The van der Waals surface area contributed by atoms with Crippen molar-refractivity contribution in [1.29, 1.82) is 0 Å². The average molecular weight is 265 g/mol. The van der Waals surface area contributed by atoms with Gasteiger partial charge in [-0.2, -0.15) is 0 Å². The molecule has 1 saturated carbocycles. The summed E-state index contributed by atoms with van der Waals surface area (Å²) in [6.07, 6.45) is 5.17. The van der Waals surface area contributed by atoms with E-state index in [1.807, 2.05) is 18.2 Å². The third kappa shape index (κ3) is 3.53. The Hall–Kier alpha value is -1.42. The molecule has 1 aliphatic rings. The van der Waals surface area contributed by atoms with Gasteiger partial charge >= 0.3 is 0 Å². The van der Waals surface area contributed by atoms with Crippen molar-refractivity contribution in [2.24, 2.45) is 0 Å². The number of benzene rings is 1. The number of anilines is 1. The second-order valence-corrected chi connectivity index (χ2v) is 5.20. The van der Waals surface area contributed by atoms with E-state index in [0.29, 0.717) is 6.54 Å². The second kappa shape index (κ2) is 6.15. The monoisotopic (exact) mass is 265 g/mol. The van der Waals surface area contributed by atoms with Crippen molar-refractivity contribution in [2.45, 2.75) is 37.7 Å². The van der Waals surface area contributed by atoms with E-state index in [9.17, 15) is 5.11 Å². The molecule has 0 spiro atoms. The van der Waals surface area contributed by atoms with Crippen LogP contribution in [0.4, 0.5) is 5.69 Å². The van der Waals surface area contributed by atoms with Gasteiger partial charge in [0.05, 0.1) is 25.5 Å². The standard InChI is InChI=1S/C15H23NO3/c1-18-12-6-7-14(19-2)13(10-12)16-11-15(17)8-4-3-5-9-15/h6-7,10,16-17H,3-5,8-9,11H2,1-2H3. The Morgan fingerprint density at radius 3 is 2.53 bits per heavy atom. The van der Waals surface area contributed by atoms with Gasteiger partial charge in [-0.15, -0.1) is 0 Å². The van der Waals surface area contributed by atoms with Crippen LogP contribution in [0.15, 0.2) is 18.2 Å². The summed E-state index contributed by atoms with van der Waals surface area (Å²) in [7, 11) is 3.28. The van der Waals surface area contributed by atoms with Crippen LogP contribution in [0.2, 0.25) is 0 Å². The fourth-order valence-electron chi connectivity index (χ4n) is 2.60. The SMILES string of the molecule is COc1ccc(OC)c(NCC2(O)CCCCC2)c1. The fraction of sp³-hybridized carbons (Fsp3) is 0.600. The summed E-state index contributed by atoms with van der Waals surface area (Å²) in [5.74, 6) is 1.54. The van der Waals surface area contributed by atoms with Crippen molar-refractivity contribution in [3.63, 3.8) is 0 Å². The molecule has 2 N–H and O–H groups in total. The first-order chi connectivity index (χ1) is 9.17. The molecule has 1 aliphatic carbocycles. The van der Waals surface area contributed by atoms with E-state index in [4.69, 9.17) is 9.47 Å². The average Bonchev–Trinajstić information content (AvgIpc) is 2.45. The van der Waals surface area contributed by atoms with E-state index in [1.54, 1.807) is 14.2 Å². The maximum absolute atomic E-state index is 10.5. The van der Waals surface area contributed by atoms with Gasteiger partial charge in [-0.25, -0.2) is 0 Å². The van der Waals surface area contributed by atoms with Crippen molar-refractivity contribution >= 4 is 5.69 Å². The largest absolute Gasteiger partial charge is 0.497 e. The molecule has 1 aromatic carbocycles. The van der Waals surface area contributed by atoms with Gasteiger partial charge in [0.2, 0.25) is 0 Å². The van der Waals surface area contributed by atoms with Crippen LogP contribution in [0.1, 0.15) is 32.1 Å². The number of hydrogen-bond donors (Lipinski definition) is 2. The van der Waals surface area contributed by atoms with Crippen LogP contribution in [-0.4, -0.2) is 31.5 Å². The van der Waals surface area contributed by atoms with Gasteiger partial charge in [0.15, 0.2) is 0 Å². The Morgan fingerprint density at radius 1 is 1.16 bits per heavy atom. The van der Waals surface area contributed by atoms with E-state index in [0.717, 1.165) is 42.9 Å². The number of rotatable bonds is 5. The minimum absolute atomic E-state index is 0.552. The number of methoxy groups -OCH3 is 2. The van der Waals surface area contributed by atoms with E-state index in [2.05, 4.69) is 5.32 Å². The second-order valence-electron chi connectivity index (χ2n) is 5.20. The quantitative estimate of drug-likeness (QED) is 0.859. The molecular formula is C15H23NO3. The summed E-state index contributed by atoms with van der Waals surface area (Å²) < 4.78 is 10.5. The van der Waals surface area contributed by atoms with Gasteiger partial charge in [-0.1, -0.05) is 19.3 Å². The predicted molar refractivity (Wildman–Crippen MR) is 76.1 cm³/mol. The highest BCUT2D eigenvalue weighted by atomic mass is 16.5. The smallest absolute Gasteiger partial charge is 0.142 e. The molecule has 0 heterocycles. The summed E-state index contributed by atoms with van der Waals surface area (Å²) in [6.45, 7) is 0.552. The minimum Gasteiger partial charge on any atom is -0.497 e. The Labute approximate surface area is 114 Å². The Bertz CT molecular complexity index is 414. The first-order valence-electron chi connectivity index (χ1n) is 6.85. The topological polar surface area (TPSA) is 50.7 Å². The zero-order valence-electron chi connectivity index (χ0n) is 11.7. The molecule has 0 aromatic heterocycles. The lowest BCUT2D eigenvalue weighted by Gasteiger charge is -2.32. The van der Waals surface area contributed by atoms with E-state index in [1.165, 1.54) is 6.42 Å². The molecule has 4 heteroatoms. The lowest BCUT2D eigenvalue weighted by molar-refractivity contribution is 0.0167. The Kier molecular flexibility index (Phi) is 4.53. The molecule has 0 aliphatic heterocycles. The third-order valence-electron chi connectivity index (χ3n) is 3.80. The number of aliphatic hydroxyl groups is 1. The summed E-state index contributed by atoms with van der Waals surface area (Å²) in [6, 6.07) is 5.62. The van der Waals surface area contributed by atoms with Crippen molar-refractivity contribution in [2.75, 3.05) is 26.1 Å². The molecule has 0 radical (unpaired) electrons. The summed E-state index contributed by atoms with van der Waals surface area (Å²) in [5.41, 5.74) is 0.271. The molecule has 19 heavy (non-hydrogen) atoms.